The van der Waals surface area contributed by atoms with E-state index in [4.69, 9.17) is 16.3 Å². The van der Waals surface area contributed by atoms with E-state index in [-0.39, 0.29) is 27.1 Å². The number of allylic oxidation sites excluding steroid dienone is 1. The number of hydrogen-bond donors (Lipinski definition) is 1. The van der Waals surface area contributed by atoms with Crippen molar-refractivity contribution in [2.45, 2.75) is 26.9 Å². The van der Waals surface area contributed by atoms with E-state index in [0.29, 0.717) is 61.2 Å². The maximum absolute atomic E-state index is 14.4. The third-order valence-corrected chi connectivity index (χ3v) is 8.05. The molecule has 8 nitrogen and oxygen atoms in total. The summed E-state index contributed by atoms with van der Waals surface area (Å²) in [7, 11) is 0. The molecule has 5 rings (SSSR count). The minimum Gasteiger partial charge on any atom is -0.494 e. The standard InChI is InChI=1S/C31H29ClF3N5O3S/c1-4-43-20-6-7-23(32)26(14-20)40-25(13-18(2)3)21(29(41)39-11-9-36-10-12-39)15-22(30(40)42)28-38-24(17-44-28)19-5-8-27(37-16-19)31(33,34)35/h5-8,13-17,36H,4,9-12H2,1-3H3. The minimum absolute atomic E-state index is 0.142. The number of halogens is 4. The summed E-state index contributed by atoms with van der Waals surface area (Å²) in [5, 5.41) is 5.43. The molecule has 230 valence electrons. The van der Waals surface area contributed by atoms with E-state index >= 15 is 0 Å². The van der Waals surface area contributed by atoms with Crippen LogP contribution < -0.4 is 15.6 Å². The monoisotopic (exact) mass is 643 g/mol. The average Bonchev–Trinajstić information content (AvgIpc) is 3.48. The van der Waals surface area contributed by atoms with E-state index in [1.165, 1.54) is 10.6 Å². The molecule has 1 amide bonds. The van der Waals surface area contributed by atoms with Crippen molar-refractivity contribution in [1.82, 2.24) is 24.8 Å². The van der Waals surface area contributed by atoms with Crippen molar-refractivity contribution in [3.05, 3.63) is 85.9 Å². The van der Waals surface area contributed by atoms with Gasteiger partial charge in [-0.05, 0) is 57.2 Å². The number of amides is 1. The molecular formula is C31H29ClF3N5O3S. The Balaban J connectivity index is 1.74. The summed E-state index contributed by atoms with van der Waals surface area (Å²) in [6.45, 7) is 8.21. The number of carbonyl (C=O) groups is 1. The topological polar surface area (TPSA) is 89.3 Å². The first-order valence-electron chi connectivity index (χ1n) is 13.8. The SMILES string of the molecule is CCOc1ccc(Cl)c(-n2c(C=C(C)C)c(C(=O)N3CCNCC3)cc(-c3nc(-c4ccc(C(F)(F)F)nc4)cs3)c2=O)c1. The van der Waals surface area contributed by atoms with Gasteiger partial charge in [0.1, 0.15) is 16.5 Å². The number of ether oxygens (including phenoxy) is 1. The summed E-state index contributed by atoms with van der Waals surface area (Å²) in [5.74, 6) is 0.239. The Morgan fingerprint density at radius 2 is 1.91 bits per heavy atom. The van der Waals surface area contributed by atoms with E-state index in [1.54, 1.807) is 40.6 Å². The van der Waals surface area contributed by atoms with Crippen LogP contribution in [0.3, 0.4) is 0 Å². The molecule has 0 unspecified atom stereocenters. The summed E-state index contributed by atoms with van der Waals surface area (Å²) in [6.07, 6.45) is -1.71. The summed E-state index contributed by atoms with van der Waals surface area (Å²) < 4.78 is 46.2. The Labute approximate surface area is 260 Å². The lowest BCUT2D eigenvalue weighted by atomic mass is 10.0. The Bertz CT molecular complexity index is 1770. The normalized spacial score (nSPS) is 13.6. The summed E-state index contributed by atoms with van der Waals surface area (Å²) in [5.41, 5.74) is 1.17. The molecule has 0 radical (unpaired) electrons. The van der Waals surface area contributed by atoms with Gasteiger partial charge >= 0.3 is 6.18 Å². The Hall–Kier alpha value is -4.00. The van der Waals surface area contributed by atoms with Gasteiger partial charge in [-0.2, -0.15) is 13.2 Å². The number of pyridine rings is 2. The zero-order chi connectivity index (χ0) is 31.6. The fraction of sp³-hybridized carbons (Fsp3) is 0.290. The number of alkyl halides is 3. The number of nitrogens with one attached hydrogen (secondary N) is 1. The highest BCUT2D eigenvalue weighted by atomic mass is 35.5. The molecule has 4 heterocycles. The maximum Gasteiger partial charge on any atom is 0.433 e. The molecule has 0 spiro atoms. The van der Waals surface area contributed by atoms with Crippen molar-refractivity contribution < 1.29 is 22.7 Å². The van der Waals surface area contributed by atoms with E-state index in [9.17, 15) is 22.8 Å². The lowest BCUT2D eigenvalue weighted by Gasteiger charge is -2.29. The van der Waals surface area contributed by atoms with Gasteiger partial charge in [-0.3, -0.25) is 19.1 Å². The Morgan fingerprint density at radius 1 is 1.16 bits per heavy atom. The Morgan fingerprint density at radius 3 is 2.55 bits per heavy atom. The van der Waals surface area contributed by atoms with Gasteiger partial charge in [0.25, 0.3) is 11.5 Å². The number of rotatable bonds is 7. The second kappa shape index (κ2) is 12.9. The minimum atomic E-state index is -4.57. The molecule has 0 bridgehead atoms. The van der Waals surface area contributed by atoms with Crippen LogP contribution in [0.2, 0.25) is 5.02 Å². The van der Waals surface area contributed by atoms with E-state index in [1.807, 2.05) is 20.8 Å². The molecule has 44 heavy (non-hydrogen) atoms. The number of piperazine rings is 1. The first-order chi connectivity index (χ1) is 21.0. The van der Waals surface area contributed by atoms with Crippen molar-refractivity contribution in [1.29, 1.82) is 0 Å². The first kappa shape index (κ1) is 31.4. The van der Waals surface area contributed by atoms with Gasteiger partial charge in [0, 0.05) is 49.4 Å². The zero-order valence-corrected chi connectivity index (χ0v) is 25.7. The molecule has 1 aliphatic heterocycles. The molecule has 0 saturated carbocycles. The number of nitrogens with zero attached hydrogens (tertiary/aromatic N) is 4. The van der Waals surface area contributed by atoms with E-state index in [0.717, 1.165) is 29.2 Å². The van der Waals surface area contributed by atoms with Gasteiger partial charge in [-0.25, -0.2) is 4.98 Å². The average molecular weight is 644 g/mol. The summed E-state index contributed by atoms with van der Waals surface area (Å²) in [6, 6.07) is 8.69. The van der Waals surface area contributed by atoms with E-state index in [2.05, 4.69) is 15.3 Å². The van der Waals surface area contributed by atoms with Crippen LogP contribution in [0.5, 0.6) is 5.75 Å². The quantitative estimate of drug-likeness (QED) is 0.245. The van der Waals surface area contributed by atoms with Crippen molar-refractivity contribution in [2.75, 3.05) is 32.8 Å². The third-order valence-electron chi connectivity index (χ3n) is 6.85. The highest BCUT2D eigenvalue weighted by molar-refractivity contribution is 7.13. The highest BCUT2D eigenvalue weighted by Gasteiger charge is 2.32. The van der Waals surface area contributed by atoms with Crippen molar-refractivity contribution in [2.24, 2.45) is 0 Å². The van der Waals surface area contributed by atoms with Gasteiger partial charge in [0.05, 0.1) is 39.8 Å². The number of carbonyl (C=O) groups excluding carboxylic acids is 1. The lowest BCUT2D eigenvalue weighted by molar-refractivity contribution is -0.141. The second-order valence-electron chi connectivity index (χ2n) is 10.3. The second-order valence-corrected chi connectivity index (χ2v) is 11.5. The molecule has 1 aromatic carbocycles. The van der Waals surface area contributed by atoms with Crippen LogP contribution in [0.15, 0.2) is 58.3 Å². The van der Waals surface area contributed by atoms with Crippen molar-refractivity contribution >= 4 is 34.9 Å². The zero-order valence-electron chi connectivity index (χ0n) is 24.2. The van der Waals surface area contributed by atoms with Crippen LogP contribution in [-0.4, -0.2) is 58.1 Å². The third kappa shape index (κ3) is 6.57. The number of aromatic nitrogens is 3. The van der Waals surface area contributed by atoms with Gasteiger partial charge in [0.15, 0.2) is 0 Å². The van der Waals surface area contributed by atoms with Gasteiger partial charge < -0.3 is 15.0 Å². The first-order valence-corrected chi connectivity index (χ1v) is 15.1. The van der Waals surface area contributed by atoms with Crippen LogP contribution >= 0.6 is 22.9 Å². The number of benzene rings is 1. The van der Waals surface area contributed by atoms with Crippen LogP contribution in [0.1, 0.15) is 42.5 Å². The molecule has 1 saturated heterocycles. The number of thiazole rings is 1. The van der Waals surface area contributed by atoms with E-state index < -0.39 is 17.4 Å². The highest BCUT2D eigenvalue weighted by Crippen LogP contribution is 2.33. The molecule has 0 aliphatic carbocycles. The largest absolute Gasteiger partial charge is 0.494 e. The molecule has 13 heteroatoms. The Kier molecular flexibility index (Phi) is 9.23. The summed E-state index contributed by atoms with van der Waals surface area (Å²) >= 11 is 7.81. The van der Waals surface area contributed by atoms with Gasteiger partial charge in [-0.15, -0.1) is 11.3 Å². The molecule has 4 aromatic rings. The van der Waals surface area contributed by atoms with Crippen LogP contribution in [0.25, 0.3) is 33.6 Å². The predicted octanol–water partition coefficient (Wildman–Crippen LogP) is 6.56. The molecule has 1 fully saturated rings. The smallest absolute Gasteiger partial charge is 0.433 e. The van der Waals surface area contributed by atoms with Crippen LogP contribution in [-0.2, 0) is 6.18 Å². The lowest BCUT2D eigenvalue weighted by Crippen LogP contribution is -2.47. The molecule has 0 atom stereocenters. The molecule has 1 N–H and O–H groups in total. The summed E-state index contributed by atoms with van der Waals surface area (Å²) in [4.78, 5) is 38.3. The molecular weight excluding hydrogens is 615 g/mol. The molecule has 3 aromatic heterocycles. The van der Waals surface area contributed by atoms with Crippen LogP contribution in [0.4, 0.5) is 13.2 Å². The van der Waals surface area contributed by atoms with Gasteiger partial charge in [0.2, 0.25) is 0 Å². The number of hydrogen-bond acceptors (Lipinski definition) is 7. The van der Waals surface area contributed by atoms with Crippen molar-refractivity contribution in [3.8, 4) is 33.3 Å². The fourth-order valence-corrected chi connectivity index (χ4v) is 5.85. The van der Waals surface area contributed by atoms with Gasteiger partial charge in [-0.1, -0.05) is 17.2 Å². The fourth-order valence-electron chi connectivity index (χ4n) is 4.81. The maximum atomic E-state index is 14.4. The molecule has 1 aliphatic rings. The van der Waals surface area contributed by atoms with Crippen LogP contribution in [0, 0.1) is 0 Å². The van der Waals surface area contributed by atoms with Crippen molar-refractivity contribution in [3.63, 3.8) is 0 Å². The predicted molar refractivity (Wildman–Crippen MR) is 166 cm³/mol.